The van der Waals surface area contributed by atoms with Crippen molar-refractivity contribution in [2.24, 2.45) is 4.99 Å². The first-order valence-electron chi connectivity index (χ1n) is 9.27. The molecule has 2 amide bonds. The van der Waals surface area contributed by atoms with Gasteiger partial charge in [-0.1, -0.05) is 18.2 Å². The Bertz CT molecular complexity index is 695. The third kappa shape index (κ3) is 3.98. The van der Waals surface area contributed by atoms with Crippen molar-refractivity contribution in [2.45, 2.75) is 20.3 Å². The molecule has 140 valence electrons. The van der Waals surface area contributed by atoms with E-state index in [0.717, 1.165) is 44.2 Å². The lowest BCUT2D eigenvalue weighted by Gasteiger charge is -2.36. The number of guanidine groups is 1. The molecule has 26 heavy (non-hydrogen) atoms. The predicted molar refractivity (Wildman–Crippen MR) is 102 cm³/mol. The molecule has 3 rings (SSSR count). The van der Waals surface area contributed by atoms with Crippen molar-refractivity contribution in [1.82, 2.24) is 15.1 Å². The number of nitrogens with one attached hydrogen (secondary N) is 1. The first-order chi connectivity index (χ1) is 12.6. The molecule has 1 aromatic rings. The van der Waals surface area contributed by atoms with E-state index in [1.165, 1.54) is 5.56 Å². The quantitative estimate of drug-likeness (QED) is 0.639. The number of rotatable bonds is 3. The van der Waals surface area contributed by atoms with Gasteiger partial charge in [0.05, 0.1) is 0 Å². The Morgan fingerprint density at radius 2 is 1.77 bits per heavy atom. The summed E-state index contributed by atoms with van der Waals surface area (Å²) >= 11 is 0. The number of amides is 2. The first kappa shape index (κ1) is 18.2. The Hall–Kier alpha value is -2.57. The fourth-order valence-electron chi connectivity index (χ4n) is 3.48. The maximum Gasteiger partial charge on any atom is 0.248 e. The smallest absolute Gasteiger partial charge is 0.248 e. The van der Waals surface area contributed by atoms with Crippen molar-refractivity contribution < 1.29 is 9.59 Å². The highest BCUT2D eigenvalue weighted by atomic mass is 16.2. The van der Waals surface area contributed by atoms with Gasteiger partial charge in [-0.2, -0.15) is 0 Å². The van der Waals surface area contributed by atoms with Crippen molar-refractivity contribution in [3.8, 4) is 0 Å². The van der Waals surface area contributed by atoms with Crippen LogP contribution in [-0.2, 0) is 16.0 Å². The molecule has 1 aromatic carbocycles. The molecule has 0 atom stereocenters. The summed E-state index contributed by atoms with van der Waals surface area (Å²) in [6.45, 7) is 8.04. The van der Waals surface area contributed by atoms with Gasteiger partial charge < -0.3 is 20.0 Å². The average molecular weight is 357 g/mol. The van der Waals surface area contributed by atoms with Crippen molar-refractivity contribution >= 4 is 23.5 Å². The molecule has 1 fully saturated rings. The van der Waals surface area contributed by atoms with Crippen LogP contribution in [0.25, 0.3) is 0 Å². The van der Waals surface area contributed by atoms with E-state index >= 15 is 0 Å². The summed E-state index contributed by atoms with van der Waals surface area (Å²) in [5, 5.41) is 3.26. The fourth-order valence-corrected chi connectivity index (χ4v) is 3.48. The van der Waals surface area contributed by atoms with Crippen molar-refractivity contribution in [2.75, 3.05) is 50.7 Å². The number of nitrogens with zero attached hydrogens (tertiary/aromatic N) is 4. The molecule has 0 aliphatic carbocycles. The van der Waals surface area contributed by atoms with Gasteiger partial charge in [0.15, 0.2) is 5.96 Å². The van der Waals surface area contributed by atoms with Crippen molar-refractivity contribution in [3.05, 3.63) is 29.8 Å². The molecular formula is C19H27N5O2. The molecule has 2 aliphatic rings. The number of aliphatic imine (C=N–C) groups is 1. The minimum Gasteiger partial charge on any atom is -0.357 e. The van der Waals surface area contributed by atoms with E-state index in [-0.39, 0.29) is 18.4 Å². The number of carbonyl (C=O) groups excluding carboxylic acids is 2. The summed E-state index contributed by atoms with van der Waals surface area (Å²) in [7, 11) is 0. The summed E-state index contributed by atoms with van der Waals surface area (Å²) < 4.78 is 0. The van der Waals surface area contributed by atoms with Gasteiger partial charge in [0.25, 0.3) is 0 Å². The zero-order chi connectivity index (χ0) is 18.5. The maximum absolute atomic E-state index is 12.7. The van der Waals surface area contributed by atoms with Crippen LogP contribution in [0.1, 0.15) is 19.4 Å². The Morgan fingerprint density at radius 3 is 2.46 bits per heavy atom. The lowest BCUT2D eigenvalue weighted by molar-refractivity contribution is -0.130. The lowest BCUT2D eigenvalue weighted by Crippen LogP contribution is -2.53. The SMILES string of the molecule is CCNC(=NCC(=O)N1CCc2ccccc21)N1CCN(C(C)=O)CC1. The molecular weight excluding hydrogens is 330 g/mol. The fraction of sp³-hybridized carbons (Fsp3) is 0.526. The summed E-state index contributed by atoms with van der Waals surface area (Å²) in [6, 6.07) is 8.04. The molecule has 0 unspecified atom stereocenters. The van der Waals surface area contributed by atoms with Gasteiger partial charge in [-0.3, -0.25) is 9.59 Å². The largest absolute Gasteiger partial charge is 0.357 e. The molecule has 1 saturated heterocycles. The molecule has 2 aliphatic heterocycles. The van der Waals surface area contributed by atoms with Gasteiger partial charge in [-0.25, -0.2) is 4.99 Å². The summed E-state index contributed by atoms with van der Waals surface area (Å²) in [4.78, 5) is 34.5. The number of fused-ring (bicyclic) bond motifs is 1. The second kappa shape index (κ2) is 8.21. The second-order valence-electron chi connectivity index (χ2n) is 6.59. The van der Waals surface area contributed by atoms with Gasteiger partial charge in [-0.15, -0.1) is 0 Å². The zero-order valence-electron chi connectivity index (χ0n) is 15.6. The minimum atomic E-state index is 0.0210. The Labute approximate surface area is 154 Å². The number of piperazine rings is 1. The molecule has 0 spiro atoms. The van der Waals surface area contributed by atoms with E-state index in [9.17, 15) is 9.59 Å². The second-order valence-corrected chi connectivity index (χ2v) is 6.59. The van der Waals surface area contributed by atoms with Crippen LogP contribution in [0.2, 0.25) is 0 Å². The molecule has 1 N–H and O–H groups in total. The average Bonchev–Trinajstić information content (AvgIpc) is 3.09. The van der Waals surface area contributed by atoms with E-state index in [4.69, 9.17) is 0 Å². The monoisotopic (exact) mass is 357 g/mol. The van der Waals surface area contributed by atoms with Crippen LogP contribution in [0.5, 0.6) is 0 Å². The van der Waals surface area contributed by atoms with Crippen molar-refractivity contribution in [1.29, 1.82) is 0 Å². The van der Waals surface area contributed by atoms with Crippen LogP contribution in [-0.4, -0.2) is 73.4 Å². The Morgan fingerprint density at radius 1 is 1.08 bits per heavy atom. The summed E-state index contributed by atoms with van der Waals surface area (Å²) in [5.74, 6) is 0.874. The standard InChI is InChI=1S/C19H27N5O2/c1-3-20-19(23-12-10-22(11-13-23)15(2)25)21-14-18(26)24-9-8-16-6-4-5-7-17(16)24/h4-7H,3,8-14H2,1-2H3,(H,20,21). The predicted octanol–water partition coefficient (Wildman–Crippen LogP) is 0.705. The van der Waals surface area contributed by atoms with Gasteiger partial charge in [0, 0.05) is 51.9 Å². The van der Waals surface area contributed by atoms with E-state index in [2.05, 4.69) is 21.3 Å². The van der Waals surface area contributed by atoms with Crippen LogP contribution >= 0.6 is 0 Å². The Balaban J connectivity index is 1.63. The zero-order valence-corrected chi connectivity index (χ0v) is 15.6. The molecule has 0 radical (unpaired) electrons. The topological polar surface area (TPSA) is 68.2 Å². The highest BCUT2D eigenvalue weighted by Crippen LogP contribution is 2.27. The molecule has 0 saturated carbocycles. The van der Waals surface area contributed by atoms with Crippen LogP contribution in [0.4, 0.5) is 5.69 Å². The highest BCUT2D eigenvalue weighted by molar-refractivity contribution is 5.98. The number of para-hydroxylation sites is 1. The number of carbonyl (C=O) groups is 2. The van der Waals surface area contributed by atoms with Gasteiger partial charge in [0.1, 0.15) is 6.54 Å². The molecule has 0 bridgehead atoms. The lowest BCUT2D eigenvalue weighted by atomic mass is 10.2. The van der Waals surface area contributed by atoms with E-state index < -0.39 is 0 Å². The van der Waals surface area contributed by atoms with Crippen LogP contribution < -0.4 is 10.2 Å². The summed E-state index contributed by atoms with van der Waals surface area (Å²) in [6.07, 6.45) is 0.901. The van der Waals surface area contributed by atoms with Gasteiger partial charge in [0.2, 0.25) is 11.8 Å². The molecule has 7 heteroatoms. The number of anilines is 1. The van der Waals surface area contributed by atoms with Gasteiger partial charge >= 0.3 is 0 Å². The third-order valence-electron chi connectivity index (χ3n) is 4.91. The minimum absolute atomic E-state index is 0.0210. The van der Waals surface area contributed by atoms with Crippen LogP contribution in [0, 0.1) is 0 Å². The maximum atomic E-state index is 12.7. The van der Waals surface area contributed by atoms with Crippen LogP contribution in [0.15, 0.2) is 29.3 Å². The normalized spacial score (nSPS) is 17.3. The number of hydrogen-bond acceptors (Lipinski definition) is 3. The van der Waals surface area contributed by atoms with Crippen LogP contribution in [0.3, 0.4) is 0 Å². The molecule has 2 heterocycles. The number of hydrogen-bond donors (Lipinski definition) is 1. The third-order valence-corrected chi connectivity index (χ3v) is 4.91. The molecule has 0 aromatic heterocycles. The molecule has 7 nitrogen and oxygen atoms in total. The van der Waals surface area contributed by atoms with Gasteiger partial charge in [-0.05, 0) is 25.0 Å². The van der Waals surface area contributed by atoms with E-state index in [1.807, 2.05) is 34.9 Å². The highest BCUT2D eigenvalue weighted by Gasteiger charge is 2.25. The van der Waals surface area contributed by atoms with E-state index in [0.29, 0.717) is 13.1 Å². The van der Waals surface area contributed by atoms with Crippen molar-refractivity contribution in [3.63, 3.8) is 0 Å². The Kier molecular flexibility index (Phi) is 5.75. The van der Waals surface area contributed by atoms with E-state index in [1.54, 1.807) is 6.92 Å². The summed E-state index contributed by atoms with van der Waals surface area (Å²) in [5.41, 5.74) is 2.23. The number of benzene rings is 1. The first-order valence-corrected chi connectivity index (χ1v) is 9.27.